The summed E-state index contributed by atoms with van der Waals surface area (Å²) in [4.78, 5) is 22.1. The zero-order chi connectivity index (χ0) is 10.9. The molecule has 14 heavy (non-hydrogen) atoms. The van der Waals surface area contributed by atoms with Gasteiger partial charge in [0.15, 0.2) is 0 Å². The van der Waals surface area contributed by atoms with Crippen LogP contribution in [0.3, 0.4) is 0 Å². The van der Waals surface area contributed by atoms with Crippen molar-refractivity contribution >= 4 is 11.7 Å². The lowest BCUT2D eigenvalue weighted by molar-refractivity contribution is -0.140. The molecule has 1 aromatic rings. The Morgan fingerprint density at radius 2 is 2.14 bits per heavy atom. The van der Waals surface area contributed by atoms with Gasteiger partial charge in [-0.05, 0) is 19.9 Å². The van der Waals surface area contributed by atoms with Crippen molar-refractivity contribution in [3.05, 3.63) is 28.2 Å². The molecule has 0 aliphatic rings. The number of carbonyl (C=O) groups is 1. The smallest absolute Gasteiger partial charge is 0.326 e. The van der Waals surface area contributed by atoms with E-state index in [1.54, 1.807) is 6.92 Å². The first-order chi connectivity index (χ1) is 6.45. The van der Waals surface area contributed by atoms with Crippen molar-refractivity contribution in [2.45, 2.75) is 19.9 Å². The van der Waals surface area contributed by atoms with Gasteiger partial charge in [0, 0.05) is 11.8 Å². The predicted molar refractivity (Wildman–Crippen MR) is 52.2 cm³/mol. The maximum absolute atomic E-state index is 11.4. The van der Waals surface area contributed by atoms with Crippen LogP contribution in [0.15, 0.2) is 16.9 Å². The molecule has 0 aromatic carbocycles. The molecule has 0 radical (unpaired) electrons. The Morgan fingerprint density at radius 3 is 2.64 bits per heavy atom. The molecule has 0 amide bonds. The SMILES string of the molecule is Cc1c(N)ccc(=O)n1C(C)C(=O)O. The highest BCUT2D eigenvalue weighted by molar-refractivity contribution is 5.71. The minimum atomic E-state index is -1.05. The number of rotatable bonds is 2. The first kappa shape index (κ1) is 10.3. The third-order valence-electron chi connectivity index (χ3n) is 2.17. The van der Waals surface area contributed by atoms with Crippen molar-refractivity contribution in [2.75, 3.05) is 5.73 Å². The summed E-state index contributed by atoms with van der Waals surface area (Å²) in [6, 6.07) is 1.84. The fraction of sp³-hybridized carbons (Fsp3) is 0.333. The van der Waals surface area contributed by atoms with Crippen molar-refractivity contribution in [1.82, 2.24) is 4.57 Å². The first-order valence-corrected chi connectivity index (χ1v) is 4.15. The van der Waals surface area contributed by atoms with Gasteiger partial charge < -0.3 is 10.8 Å². The Balaban J connectivity index is 3.40. The molecular formula is C9H12N2O3. The number of nitrogen functional groups attached to an aromatic ring is 1. The summed E-state index contributed by atoms with van der Waals surface area (Å²) in [5.74, 6) is -1.05. The monoisotopic (exact) mass is 196 g/mol. The van der Waals surface area contributed by atoms with Crippen LogP contribution in [-0.4, -0.2) is 15.6 Å². The van der Waals surface area contributed by atoms with Gasteiger partial charge in [-0.3, -0.25) is 9.36 Å². The van der Waals surface area contributed by atoms with Crippen LogP contribution >= 0.6 is 0 Å². The van der Waals surface area contributed by atoms with Crippen LogP contribution in [0.5, 0.6) is 0 Å². The van der Waals surface area contributed by atoms with E-state index < -0.39 is 12.0 Å². The zero-order valence-corrected chi connectivity index (χ0v) is 8.02. The summed E-state index contributed by atoms with van der Waals surface area (Å²) < 4.78 is 1.16. The number of pyridine rings is 1. The van der Waals surface area contributed by atoms with Gasteiger partial charge in [-0.25, -0.2) is 4.79 Å². The lowest BCUT2D eigenvalue weighted by Gasteiger charge is -2.15. The Morgan fingerprint density at radius 1 is 1.57 bits per heavy atom. The minimum absolute atomic E-state index is 0.355. The van der Waals surface area contributed by atoms with E-state index in [-0.39, 0.29) is 5.56 Å². The average molecular weight is 196 g/mol. The Kier molecular flexibility index (Phi) is 2.60. The Labute approximate surface area is 80.8 Å². The second kappa shape index (κ2) is 3.53. The summed E-state index contributed by atoms with van der Waals surface area (Å²) in [7, 11) is 0. The second-order valence-electron chi connectivity index (χ2n) is 3.10. The number of aromatic nitrogens is 1. The molecule has 5 heteroatoms. The number of nitrogens with two attached hydrogens (primary N) is 1. The van der Waals surface area contributed by atoms with Crippen LogP contribution in [0.4, 0.5) is 5.69 Å². The summed E-state index contributed by atoms with van der Waals surface area (Å²) >= 11 is 0. The van der Waals surface area contributed by atoms with E-state index >= 15 is 0 Å². The largest absolute Gasteiger partial charge is 0.480 e. The number of carboxylic acid groups (broad SMARTS) is 1. The molecular weight excluding hydrogens is 184 g/mol. The molecule has 0 saturated heterocycles. The number of nitrogens with zero attached hydrogens (tertiary/aromatic N) is 1. The summed E-state index contributed by atoms with van der Waals surface area (Å²) in [5.41, 5.74) is 6.11. The van der Waals surface area contributed by atoms with Crippen LogP contribution in [-0.2, 0) is 4.79 Å². The van der Waals surface area contributed by atoms with Gasteiger partial charge in [0.1, 0.15) is 6.04 Å². The van der Waals surface area contributed by atoms with E-state index in [2.05, 4.69) is 0 Å². The lowest BCUT2D eigenvalue weighted by atomic mass is 10.2. The van der Waals surface area contributed by atoms with Crippen LogP contribution in [0.1, 0.15) is 18.7 Å². The highest BCUT2D eigenvalue weighted by Gasteiger charge is 2.16. The number of aliphatic carboxylic acids is 1. The second-order valence-corrected chi connectivity index (χ2v) is 3.10. The molecule has 1 rings (SSSR count). The van der Waals surface area contributed by atoms with Crippen molar-refractivity contribution in [2.24, 2.45) is 0 Å². The van der Waals surface area contributed by atoms with Gasteiger partial charge in [-0.2, -0.15) is 0 Å². The van der Waals surface area contributed by atoms with Gasteiger partial charge in [-0.15, -0.1) is 0 Å². The van der Waals surface area contributed by atoms with Crippen LogP contribution in [0.2, 0.25) is 0 Å². The maximum atomic E-state index is 11.4. The minimum Gasteiger partial charge on any atom is -0.480 e. The first-order valence-electron chi connectivity index (χ1n) is 4.15. The van der Waals surface area contributed by atoms with E-state index in [0.29, 0.717) is 11.4 Å². The molecule has 0 saturated carbocycles. The molecule has 3 N–H and O–H groups in total. The molecule has 5 nitrogen and oxygen atoms in total. The molecule has 0 aliphatic heterocycles. The van der Waals surface area contributed by atoms with E-state index in [4.69, 9.17) is 10.8 Å². The Hall–Kier alpha value is -1.78. The van der Waals surface area contributed by atoms with Gasteiger partial charge >= 0.3 is 5.97 Å². The molecule has 1 aromatic heterocycles. The van der Waals surface area contributed by atoms with E-state index in [1.807, 2.05) is 0 Å². The van der Waals surface area contributed by atoms with Gasteiger partial charge in [0.25, 0.3) is 5.56 Å². The van der Waals surface area contributed by atoms with E-state index in [9.17, 15) is 9.59 Å². The standard InChI is InChI=1S/C9H12N2O3/c1-5-7(10)3-4-8(12)11(5)6(2)9(13)14/h3-4,6H,10H2,1-2H3,(H,13,14). The average Bonchev–Trinajstić information content (AvgIpc) is 2.12. The van der Waals surface area contributed by atoms with E-state index in [0.717, 1.165) is 4.57 Å². The molecule has 0 fully saturated rings. The molecule has 1 unspecified atom stereocenters. The number of carboxylic acids is 1. The van der Waals surface area contributed by atoms with Crippen LogP contribution in [0, 0.1) is 6.92 Å². The third-order valence-corrected chi connectivity index (χ3v) is 2.17. The highest BCUT2D eigenvalue weighted by Crippen LogP contribution is 2.12. The van der Waals surface area contributed by atoms with Crippen LogP contribution in [0.25, 0.3) is 0 Å². The summed E-state index contributed by atoms with van der Waals surface area (Å²) in [6.45, 7) is 3.06. The van der Waals surface area contributed by atoms with Gasteiger partial charge in [0.2, 0.25) is 0 Å². The quantitative estimate of drug-likeness (QED) is 0.716. The highest BCUT2D eigenvalue weighted by atomic mass is 16.4. The predicted octanol–water partition coefficient (Wildman–Crippen LogP) is 0.385. The molecule has 0 aliphatic carbocycles. The molecule has 1 heterocycles. The molecule has 1 atom stereocenters. The lowest BCUT2D eigenvalue weighted by Crippen LogP contribution is -2.29. The van der Waals surface area contributed by atoms with Crippen molar-refractivity contribution < 1.29 is 9.90 Å². The molecule has 0 spiro atoms. The Bertz CT molecular complexity index is 423. The molecule has 76 valence electrons. The number of anilines is 1. The summed E-state index contributed by atoms with van der Waals surface area (Å²) in [6.07, 6.45) is 0. The van der Waals surface area contributed by atoms with Crippen molar-refractivity contribution in [1.29, 1.82) is 0 Å². The van der Waals surface area contributed by atoms with E-state index in [1.165, 1.54) is 19.1 Å². The topological polar surface area (TPSA) is 85.3 Å². The normalized spacial score (nSPS) is 12.4. The summed E-state index contributed by atoms with van der Waals surface area (Å²) in [5, 5.41) is 8.77. The fourth-order valence-electron chi connectivity index (χ4n) is 1.26. The van der Waals surface area contributed by atoms with Crippen molar-refractivity contribution in [3.63, 3.8) is 0 Å². The van der Waals surface area contributed by atoms with Crippen LogP contribution < -0.4 is 11.3 Å². The van der Waals surface area contributed by atoms with Crippen molar-refractivity contribution in [3.8, 4) is 0 Å². The zero-order valence-electron chi connectivity index (χ0n) is 8.02. The third kappa shape index (κ3) is 1.61. The van der Waals surface area contributed by atoms with Gasteiger partial charge in [-0.1, -0.05) is 0 Å². The number of hydrogen-bond acceptors (Lipinski definition) is 3. The maximum Gasteiger partial charge on any atom is 0.326 e. The number of hydrogen-bond donors (Lipinski definition) is 2. The molecule has 0 bridgehead atoms. The fourth-order valence-corrected chi connectivity index (χ4v) is 1.26. The van der Waals surface area contributed by atoms with Gasteiger partial charge in [0.05, 0.1) is 5.69 Å².